The van der Waals surface area contributed by atoms with Crippen molar-refractivity contribution in [3.05, 3.63) is 0 Å². The first kappa shape index (κ1) is 21.6. The third-order valence-electron chi connectivity index (χ3n) is 3.55. The van der Waals surface area contributed by atoms with Gasteiger partial charge in [-0.2, -0.15) is 0 Å². The fourth-order valence-electron chi connectivity index (χ4n) is 2.17. The highest BCUT2D eigenvalue weighted by atomic mass is 16.5. The first-order valence-electron chi connectivity index (χ1n) is 8.55. The van der Waals surface area contributed by atoms with Crippen molar-refractivity contribution in [3.63, 3.8) is 0 Å². The number of Topliss-reactive ketones (excluding diaryl/α,β-unsaturated/α-hetero) is 1. The van der Waals surface area contributed by atoms with Gasteiger partial charge in [0.15, 0.2) is 0 Å². The molecule has 0 aromatic carbocycles. The summed E-state index contributed by atoms with van der Waals surface area (Å²) in [5.74, 6) is 0.317. The summed E-state index contributed by atoms with van der Waals surface area (Å²) in [6.07, 6.45) is 1.69. The number of carbonyl (C=O) groups is 1. The van der Waals surface area contributed by atoms with E-state index in [0.29, 0.717) is 30.8 Å². The minimum Gasteiger partial charge on any atom is -0.380 e. The fourth-order valence-corrected chi connectivity index (χ4v) is 2.17. The van der Waals surface area contributed by atoms with Gasteiger partial charge in [-0.3, -0.25) is 9.69 Å². The molecular formula is C19H39NO2. The van der Waals surface area contributed by atoms with E-state index in [0.717, 1.165) is 19.6 Å². The Hall–Kier alpha value is -0.410. The lowest BCUT2D eigenvalue weighted by molar-refractivity contribution is -0.123. The summed E-state index contributed by atoms with van der Waals surface area (Å²) < 4.78 is 5.76. The third-order valence-corrected chi connectivity index (χ3v) is 3.55. The number of hydrogen-bond donors (Lipinski definition) is 0. The smallest absolute Gasteiger partial charge is 0.147 e. The second kappa shape index (κ2) is 8.44. The molecule has 0 saturated heterocycles. The predicted molar refractivity (Wildman–Crippen MR) is 95.3 cm³/mol. The van der Waals surface area contributed by atoms with Crippen molar-refractivity contribution >= 4 is 5.78 Å². The van der Waals surface area contributed by atoms with Crippen molar-refractivity contribution in [3.8, 4) is 0 Å². The monoisotopic (exact) mass is 313 g/mol. The first-order chi connectivity index (χ1) is 9.71. The largest absolute Gasteiger partial charge is 0.380 e. The Bertz CT molecular complexity index is 329. The second-order valence-electron chi connectivity index (χ2n) is 9.79. The van der Waals surface area contributed by atoms with Gasteiger partial charge in [0.1, 0.15) is 5.78 Å². The summed E-state index contributed by atoms with van der Waals surface area (Å²) in [6, 6.07) is 0. The van der Waals surface area contributed by atoms with E-state index in [1.54, 1.807) is 0 Å². The Morgan fingerprint density at radius 2 is 1.41 bits per heavy atom. The maximum Gasteiger partial charge on any atom is 0.147 e. The summed E-state index contributed by atoms with van der Waals surface area (Å²) in [6.45, 7) is 22.3. The normalized spacial score (nSPS) is 13.7. The summed E-state index contributed by atoms with van der Waals surface area (Å²) in [7, 11) is 0. The van der Waals surface area contributed by atoms with Crippen LogP contribution in [-0.2, 0) is 9.53 Å². The Labute approximate surface area is 138 Å². The molecular weight excluding hydrogens is 274 g/mol. The Balaban J connectivity index is 4.29. The zero-order valence-electron chi connectivity index (χ0n) is 16.5. The molecule has 0 aliphatic carbocycles. The van der Waals surface area contributed by atoms with E-state index >= 15 is 0 Å². The molecule has 0 atom stereocenters. The average molecular weight is 314 g/mol. The average Bonchev–Trinajstić information content (AvgIpc) is 2.21. The van der Waals surface area contributed by atoms with Crippen LogP contribution in [0.15, 0.2) is 0 Å². The molecule has 0 rings (SSSR count). The number of carbonyl (C=O) groups excluding carboxylic acids is 1. The van der Waals surface area contributed by atoms with Crippen LogP contribution in [0.4, 0.5) is 0 Å². The van der Waals surface area contributed by atoms with Crippen LogP contribution in [0.2, 0.25) is 0 Å². The highest BCUT2D eigenvalue weighted by Gasteiger charge is 2.25. The molecule has 0 radical (unpaired) electrons. The molecule has 0 fully saturated rings. The van der Waals surface area contributed by atoms with Crippen LogP contribution >= 0.6 is 0 Å². The van der Waals surface area contributed by atoms with Gasteiger partial charge in [0.05, 0.1) is 13.2 Å². The lowest BCUT2D eigenvalue weighted by Gasteiger charge is -2.35. The van der Waals surface area contributed by atoms with Crippen LogP contribution in [0.5, 0.6) is 0 Å². The molecule has 0 heterocycles. The van der Waals surface area contributed by atoms with Crippen LogP contribution < -0.4 is 0 Å². The second-order valence-corrected chi connectivity index (χ2v) is 9.79. The van der Waals surface area contributed by atoms with E-state index in [1.807, 2.05) is 0 Å². The molecule has 0 aliphatic heterocycles. The van der Waals surface area contributed by atoms with E-state index in [9.17, 15) is 4.79 Å². The Kier molecular flexibility index (Phi) is 8.29. The third kappa shape index (κ3) is 12.2. The van der Waals surface area contributed by atoms with Gasteiger partial charge in [-0.1, -0.05) is 41.5 Å². The molecule has 0 saturated carbocycles. The van der Waals surface area contributed by atoms with E-state index in [-0.39, 0.29) is 11.0 Å². The van der Waals surface area contributed by atoms with Crippen molar-refractivity contribution < 1.29 is 9.53 Å². The topological polar surface area (TPSA) is 29.5 Å². The van der Waals surface area contributed by atoms with Gasteiger partial charge in [-0.25, -0.2) is 0 Å². The minimum atomic E-state index is -0.0130. The number of ether oxygens (including phenoxy) is 1. The summed E-state index contributed by atoms with van der Waals surface area (Å²) in [4.78, 5) is 14.5. The van der Waals surface area contributed by atoms with Crippen LogP contribution in [0.1, 0.15) is 75.2 Å². The lowest BCUT2D eigenvalue weighted by atomic mass is 9.89. The van der Waals surface area contributed by atoms with E-state index in [4.69, 9.17) is 4.74 Å². The Morgan fingerprint density at radius 3 is 1.82 bits per heavy atom. The number of ketones is 1. The standard InChI is InChI=1S/C19H39NO2/c1-17(2,3)10-12-22-13-11-20(19(7,8)9)15-16(21)14-18(4,5)6/h10-15H2,1-9H3. The molecule has 0 aromatic rings. The Morgan fingerprint density at radius 1 is 0.864 bits per heavy atom. The zero-order valence-corrected chi connectivity index (χ0v) is 16.5. The highest BCUT2D eigenvalue weighted by Crippen LogP contribution is 2.21. The van der Waals surface area contributed by atoms with E-state index < -0.39 is 0 Å². The van der Waals surface area contributed by atoms with Crippen molar-refractivity contribution in [1.29, 1.82) is 0 Å². The molecule has 0 amide bonds. The molecule has 22 heavy (non-hydrogen) atoms. The lowest BCUT2D eigenvalue weighted by Crippen LogP contribution is -2.46. The summed E-state index contributed by atoms with van der Waals surface area (Å²) in [5.41, 5.74) is 0.358. The van der Waals surface area contributed by atoms with Gasteiger partial charge in [0.25, 0.3) is 0 Å². The predicted octanol–water partition coefficient (Wildman–Crippen LogP) is 4.55. The maximum atomic E-state index is 12.3. The van der Waals surface area contributed by atoms with Gasteiger partial charge >= 0.3 is 0 Å². The molecule has 0 unspecified atom stereocenters. The van der Waals surface area contributed by atoms with Gasteiger partial charge in [-0.05, 0) is 38.0 Å². The van der Waals surface area contributed by atoms with Crippen LogP contribution in [0.25, 0.3) is 0 Å². The molecule has 3 heteroatoms. The van der Waals surface area contributed by atoms with Gasteiger partial charge in [0.2, 0.25) is 0 Å². The zero-order chi connectivity index (χ0) is 17.6. The van der Waals surface area contributed by atoms with E-state index in [2.05, 4.69) is 67.2 Å². The van der Waals surface area contributed by atoms with Crippen LogP contribution in [-0.4, -0.2) is 42.5 Å². The van der Waals surface area contributed by atoms with Gasteiger partial charge in [0, 0.05) is 25.1 Å². The molecule has 0 aliphatic rings. The van der Waals surface area contributed by atoms with E-state index in [1.165, 1.54) is 0 Å². The minimum absolute atomic E-state index is 0.0130. The van der Waals surface area contributed by atoms with Crippen LogP contribution in [0, 0.1) is 10.8 Å². The molecule has 3 nitrogen and oxygen atoms in total. The van der Waals surface area contributed by atoms with Crippen molar-refractivity contribution in [2.75, 3.05) is 26.3 Å². The quantitative estimate of drug-likeness (QED) is 0.616. The van der Waals surface area contributed by atoms with Crippen molar-refractivity contribution in [1.82, 2.24) is 4.90 Å². The number of hydrogen-bond acceptors (Lipinski definition) is 3. The first-order valence-corrected chi connectivity index (χ1v) is 8.55. The molecule has 0 spiro atoms. The SMILES string of the molecule is CC(C)(C)CCOCCN(CC(=O)CC(C)(C)C)C(C)(C)C. The molecule has 0 bridgehead atoms. The summed E-state index contributed by atoms with van der Waals surface area (Å²) in [5, 5.41) is 0. The maximum absolute atomic E-state index is 12.3. The van der Waals surface area contributed by atoms with Crippen LogP contribution in [0.3, 0.4) is 0 Å². The van der Waals surface area contributed by atoms with Crippen molar-refractivity contribution in [2.24, 2.45) is 10.8 Å². The number of rotatable bonds is 8. The molecule has 132 valence electrons. The molecule has 0 N–H and O–H groups in total. The molecule has 0 aromatic heterocycles. The fraction of sp³-hybridized carbons (Fsp3) is 0.947. The van der Waals surface area contributed by atoms with Crippen molar-refractivity contribution in [2.45, 2.75) is 80.7 Å². The summed E-state index contributed by atoms with van der Waals surface area (Å²) >= 11 is 0. The number of nitrogens with zero attached hydrogens (tertiary/aromatic N) is 1. The van der Waals surface area contributed by atoms with Gasteiger partial charge < -0.3 is 4.74 Å². The van der Waals surface area contributed by atoms with Gasteiger partial charge in [-0.15, -0.1) is 0 Å². The highest BCUT2D eigenvalue weighted by molar-refractivity contribution is 5.81.